The van der Waals surface area contributed by atoms with Gasteiger partial charge in [-0.25, -0.2) is 4.39 Å². The van der Waals surface area contributed by atoms with Gasteiger partial charge >= 0.3 is 0 Å². The minimum absolute atomic E-state index is 0.0408. The molecule has 0 bridgehead atoms. The molecule has 0 spiro atoms. The Bertz CT molecular complexity index is 968. The van der Waals surface area contributed by atoms with Gasteiger partial charge in [0.15, 0.2) is 5.82 Å². The number of piperazine rings is 1. The minimum atomic E-state index is -0.307. The van der Waals surface area contributed by atoms with Gasteiger partial charge < -0.3 is 9.42 Å². The fraction of sp³-hybridized carbons (Fsp3) is 0.250. The van der Waals surface area contributed by atoms with E-state index in [-0.39, 0.29) is 11.7 Å². The number of carbonyl (C=O) groups is 1. The van der Waals surface area contributed by atoms with Crippen LogP contribution < -0.4 is 0 Å². The van der Waals surface area contributed by atoms with Crippen molar-refractivity contribution in [1.29, 1.82) is 0 Å². The second-order valence-corrected chi connectivity index (χ2v) is 7.52. The smallest absolute Gasteiger partial charge is 0.257 e. The number of hydrogen-bond donors (Lipinski definition) is 0. The molecule has 0 unspecified atom stereocenters. The number of carbonyl (C=O) groups excluding carboxylic acids is 1. The average molecular weight is 445 g/mol. The highest BCUT2D eigenvalue weighted by molar-refractivity contribution is 9.10. The van der Waals surface area contributed by atoms with Crippen LogP contribution in [0.25, 0.3) is 11.5 Å². The van der Waals surface area contributed by atoms with Crippen molar-refractivity contribution in [3.8, 4) is 11.5 Å². The summed E-state index contributed by atoms with van der Waals surface area (Å²) in [6.45, 7) is 3.31. The first-order valence-electron chi connectivity index (χ1n) is 8.94. The number of amides is 1. The van der Waals surface area contributed by atoms with Crippen LogP contribution in [0.2, 0.25) is 0 Å². The molecule has 1 aromatic heterocycles. The van der Waals surface area contributed by atoms with Crippen molar-refractivity contribution in [3.63, 3.8) is 0 Å². The number of rotatable bonds is 4. The zero-order valence-electron chi connectivity index (χ0n) is 15.0. The van der Waals surface area contributed by atoms with Gasteiger partial charge in [0.05, 0.1) is 6.54 Å². The highest BCUT2D eigenvalue weighted by Crippen LogP contribution is 2.19. The molecule has 2 aromatic carbocycles. The Morgan fingerprint density at radius 3 is 2.57 bits per heavy atom. The average Bonchev–Trinajstić information content (AvgIpc) is 3.17. The maximum absolute atomic E-state index is 13.0. The van der Waals surface area contributed by atoms with Gasteiger partial charge in [-0.05, 0) is 42.5 Å². The second-order valence-electron chi connectivity index (χ2n) is 6.60. The van der Waals surface area contributed by atoms with Gasteiger partial charge in [-0.2, -0.15) is 4.98 Å². The van der Waals surface area contributed by atoms with Gasteiger partial charge in [0.2, 0.25) is 0 Å². The molecule has 2 heterocycles. The Kier molecular flexibility index (Phi) is 5.50. The zero-order valence-corrected chi connectivity index (χ0v) is 16.6. The van der Waals surface area contributed by atoms with Gasteiger partial charge in [0.1, 0.15) is 5.82 Å². The SMILES string of the molecule is O=C(c1cccc(Br)c1)N1CCN(Cc2noc(-c3ccc(F)cc3)n2)CC1. The molecule has 4 rings (SSSR count). The van der Waals surface area contributed by atoms with Gasteiger partial charge in [-0.3, -0.25) is 9.69 Å². The van der Waals surface area contributed by atoms with E-state index in [0.29, 0.717) is 42.5 Å². The number of halogens is 2. The maximum Gasteiger partial charge on any atom is 0.257 e. The molecule has 0 saturated carbocycles. The molecular weight excluding hydrogens is 427 g/mol. The number of hydrogen-bond acceptors (Lipinski definition) is 5. The summed E-state index contributed by atoms with van der Waals surface area (Å²) in [6.07, 6.45) is 0. The van der Waals surface area contributed by atoms with E-state index in [1.165, 1.54) is 12.1 Å². The lowest BCUT2D eigenvalue weighted by molar-refractivity contribution is 0.0624. The molecule has 8 heteroatoms. The van der Waals surface area contributed by atoms with Gasteiger partial charge in [0, 0.05) is 41.8 Å². The lowest BCUT2D eigenvalue weighted by Gasteiger charge is -2.34. The molecule has 28 heavy (non-hydrogen) atoms. The molecule has 3 aromatic rings. The molecule has 1 fully saturated rings. The first-order chi connectivity index (χ1) is 13.6. The van der Waals surface area contributed by atoms with Crippen LogP contribution in [-0.2, 0) is 6.54 Å². The van der Waals surface area contributed by atoms with E-state index < -0.39 is 0 Å². The summed E-state index contributed by atoms with van der Waals surface area (Å²) in [4.78, 5) is 21.1. The highest BCUT2D eigenvalue weighted by Gasteiger charge is 2.23. The third-order valence-electron chi connectivity index (χ3n) is 4.66. The van der Waals surface area contributed by atoms with E-state index in [4.69, 9.17) is 4.52 Å². The second kappa shape index (κ2) is 8.20. The molecule has 1 aliphatic heterocycles. The fourth-order valence-corrected chi connectivity index (χ4v) is 3.54. The van der Waals surface area contributed by atoms with E-state index in [9.17, 15) is 9.18 Å². The largest absolute Gasteiger partial charge is 0.336 e. The van der Waals surface area contributed by atoms with Crippen molar-refractivity contribution in [2.45, 2.75) is 6.54 Å². The van der Waals surface area contributed by atoms with Gasteiger partial charge in [-0.15, -0.1) is 0 Å². The predicted molar refractivity (Wildman–Crippen MR) is 105 cm³/mol. The predicted octanol–water partition coefficient (Wildman–Crippen LogP) is 3.60. The maximum atomic E-state index is 13.0. The summed E-state index contributed by atoms with van der Waals surface area (Å²) in [7, 11) is 0. The van der Waals surface area contributed by atoms with Gasteiger partial charge in [0.25, 0.3) is 11.8 Å². The first-order valence-corrected chi connectivity index (χ1v) is 9.73. The summed E-state index contributed by atoms with van der Waals surface area (Å²) >= 11 is 3.40. The van der Waals surface area contributed by atoms with E-state index in [0.717, 1.165) is 17.6 Å². The summed E-state index contributed by atoms with van der Waals surface area (Å²) < 4.78 is 19.2. The molecule has 0 aliphatic carbocycles. The Balaban J connectivity index is 1.33. The summed E-state index contributed by atoms with van der Waals surface area (Å²) in [5, 5.41) is 4.01. The van der Waals surface area contributed by atoms with Crippen LogP contribution in [0.3, 0.4) is 0 Å². The third kappa shape index (κ3) is 4.28. The first kappa shape index (κ1) is 18.8. The number of benzene rings is 2. The van der Waals surface area contributed by atoms with Crippen molar-refractivity contribution in [3.05, 3.63) is 70.2 Å². The van der Waals surface area contributed by atoms with Crippen LogP contribution >= 0.6 is 15.9 Å². The number of aromatic nitrogens is 2. The quantitative estimate of drug-likeness (QED) is 0.615. The molecular formula is C20H18BrFN4O2. The van der Waals surface area contributed by atoms with E-state index in [1.807, 2.05) is 29.2 Å². The van der Waals surface area contributed by atoms with Crippen LogP contribution in [0.5, 0.6) is 0 Å². The van der Waals surface area contributed by atoms with Crippen LogP contribution in [0.4, 0.5) is 4.39 Å². The zero-order chi connectivity index (χ0) is 19.5. The van der Waals surface area contributed by atoms with Crippen LogP contribution in [-0.4, -0.2) is 52.0 Å². The topological polar surface area (TPSA) is 62.5 Å². The minimum Gasteiger partial charge on any atom is -0.336 e. The lowest BCUT2D eigenvalue weighted by Crippen LogP contribution is -2.48. The van der Waals surface area contributed by atoms with E-state index >= 15 is 0 Å². The van der Waals surface area contributed by atoms with E-state index in [1.54, 1.807) is 12.1 Å². The fourth-order valence-electron chi connectivity index (χ4n) is 3.14. The van der Waals surface area contributed by atoms with Crippen molar-refractivity contribution >= 4 is 21.8 Å². The molecule has 0 radical (unpaired) electrons. The summed E-state index contributed by atoms with van der Waals surface area (Å²) in [5.41, 5.74) is 1.37. The Morgan fingerprint density at radius 2 is 1.86 bits per heavy atom. The lowest BCUT2D eigenvalue weighted by atomic mass is 10.2. The number of nitrogens with zero attached hydrogens (tertiary/aromatic N) is 4. The van der Waals surface area contributed by atoms with Crippen molar-refractivity contribution in [2.24, 2.45) is 0 Å². The molecule has 144 valence electrons. The Hall–Kier alpha value is -2.58. The standard InChI is InChI=1S/C20H18BrFN4O2/c21-16-3-1-2-15(12-16)20(27)26-10-8-25(9-11-26)13-18-23-19(28-24-18)14-4-6-17(22)7-5-14/h1-7,12H,8-11,13H2. The molecule has 1 saturated heterocycles. The van der Waals surface area contributed by atoms with Crippen LogP contribution in [0.15, 0.2) is 57.5 Å². The Morgan fingerprint density at radius 1 is 1.11 bits per heavy atom. The summed E-state index contributed by atoms with van der Waals surface area (Å²) in [6, 6.07) is 13.4. The molecule has 1 amide bonds. The third-order valence-corrected chi connectivity index (χ3v) is 5.15. The molecule has 1 aliphatic rings. The van der Waals surface area contributed by atoms with Crippen LogP contribution in [0, 0.1) is 5.82 Å². The molecule has 0 N–H and O–H groups in total. The molecule has 0 atom stereocenters. The Labute approximate surface area is 170 Å². The monoisotopic (exact) mass is 444 g/mol. The van der Waals surface area contributed by atoms with Crippen molar-refractivity contribution in [1.82, 2.24) is 19.9 Å². The van der Waals surface area contributed by atoms with Crippen molar-refractivity contribution < 1.29 is 13.7 Å². The van der Waals surface area contributed by atoms with E-state index in [2.05, 4.69) is 31.0 Å². The normalized spacial score (nSPS) is 15.0. The highest BCUT2D eigenvalue weighted by atomic mass is 79.9. The summed E-state index contributed by atoms with van der Waals surface area (Å²) in [5.74, 6) is 0.683. The van der Waals surface area contributed by atoms with Gasteiger partial charge in [-0.1, -0.05) is 27.2 Å². The molecule has 6 nitrogen and oxygen atoms in total. The van der Waals surface area contributed by atoms with Crippen LogP contribution in [0.1, 0.15) is 16.2 Å². The van der Waals surface area contributed by atoms with Crippen molar-refractivity contribution in [2.75, 3.05) is 26.2 Å².